The monoisotopic (exact) mass is 478 g/mol. The van der Waals surface area contributed by atoms with Gasteiger partial charge in [-0.05, 0) is 31.5 Å². The number of hydrogen-bond donors (Lipinski definition) is 1. The fraction of sp³-hybridized carbons (Fsp3) is 0.200. The zero-order valence-electron chi connectivity index (χ0n) is 19.0. The number of anilines is 1. The van der Waals surface area contributed by atoms with Gasteiger partial charge in [-0.2, -0.15) is 0 Å². The van der Waals surface area contributed by atoms with Gasteiger partial charge in [0.15, 0.2) is 5.13 Å². The van der Waals surface area contributed by atoms with E-state index in [1.54, 1.807) is 43.3 Å². The predicted molar refractivity (Wildman–Crippen MR) is 127 cm³/mol. The molecular formula is C25H22N2O6S. The normalized spacial score (nSPS) is 17.2. The van der Waals surface area contributed by atoms with Crippen molar-refractivity contribution in [2.24, 2.45) is 0 Å². The Balaban J connectivity index is 1.93. The Morgan fingerprint density at radius 1 is 1.09 bits per heavy atom. The van der Waals surface area contributed by atoms with E-state index in [4.69, 9.17) is 9.47 Å². The fourth-order valence-electron chi connectivity index (χ4n) is 3.79. The van der Waals surface area contributed by atoms with Crippen molar-refractivity contribution in [1.29, 1.82) is 0 Å². The number of thiazole rings is 1. The van der Waals surface area contributed by atoms with Crippen molar-refractivity contribution in [2.45, 2.75) is 19.9 Å². The Bertz CT molecular complexity index is 1330. The predicted octanol–water partition coefficient (Wildman–Crippen LogP) is 4.18. The maximum absolute atomic E-state index is 13.2. The van der Waals surface area contributed by atoms with Crippen LogP contribution in [0, 0.1) is 13.8 Å². The van der Waals surface area contributed by atoms with Gasteiger partial charge in [0.05, 0.1) is 31.5 Å². The van der Waals surface area contributed by atoms with Gasteiger partial charge in [-0.15, -0.1) is 0 Å². The van der Waals surface area contributed by atoms with E-state index in [0.717, 1.165) is 16.9 Å². The number of nitrogens with zero attached hydrogens (tertiary/aromatic N) is 2. The highest BCUT2D eigenvalue weighted by Crippen LogP contribution is 2.44. The molecule has 34 heavy (non-hydrogen) atoms. The van der Waals surface area contributed by atoms with Crippen molar-refractivity contribution in [3.05, 3.63) is 81.4 Å². The third-order valence-electron chi connectivity index (χ3n) is 5.54. The van der Waals surface area contributed by atoms with E-state index >= 15 is 0 Å². The zero-order chi connectivity index (χ0) is 24.6. The summed E-state index contributed by atoms with van der Waals surface area (Å²) in [5.41, 5.74) is 2.24. The lowest BCUT2D eigenvalue weighted by Crippen LogP contribution is -2.29. The minimum atomic E-state index is -0.942. The lowest BCUT2D eigenvalue weighted by atomic mass is 9.95. The van der Waals surface area contributed by atoms with Gasteiger partial charge >= 0.3 is 11.9 Å². The maximum Gasteiger partial charge on any atom is 0.350 e. The molecule has 1 atom stereocenters. The molecule has 0 unspecified atom stereocenters. The van der Waals surface area contributed by atoms with Crippen LogP contribution in [0.1, 0.15) is 38.1 Å². The summed E-state index contributed by atoms with van der Waals surface area (Å²) in [6.45, 7) is 3.55. The van der Waals surface area contributed by atoms with Gasteiger partial charge < -0.3 is 14.6 Å². The lowest BCUT2D eigenvalue weighted by Gasteiger charge is -2.23. The van der Waals surface area contributed by atoms with E-state index < -0.39 is 23.7 Å². The molecule has 0 spiro atoms. The Morgan fingerprint density at radius 3 is 2.44 bits per heavy atom. The van der Waals surface area contributed by atoms with Crippen molar-refractivity contribution in [3.63, 3.8) is 0 Å². The van der Waals surface area contributed by atoms with Gasteiger partial charge in [-0.25, -0.2) is 9.78 Å². The topological polar surface area (TPSA) is 106 Å². The first kappa shape index (κ1) is 23.2. The second kappa shape index (κ2) is 9.11. The van der Waals surface area contributed by atoms with Crippen LogP contribution in [0.3, 0.4) is 0 Å². The average molecular weight is 479 g/mol. The highest BCUT2D eigenvalue weighted by Gasteiger charge is 2.48. The molecule has 174 valence electrons. The second-order valence-electron chi connectivity index (χ2n) is 7.71. The number of rotatable bonds is 5. The molecule has 0 bridgehead atoms. The van der Waals surface area contributed by atoms with Crippen molar-refractivity contribution in [2.75, 3.05) is 19.1 Å². The minimum absolute atomic E-state index is 0.0745. The number of aromatic nitrogens is 1. The molecule has 1 aromatic heterocycles. The number of ketones is 1. The summed E-state index contributed by atoms with van der Waals surface area (Å²) in [4.78, 5) is 44.4. The van der Waals surface area contributed by atoms with E-state index in [9.17, 15) is 19.5 Å². The Morgan fingerprint density at radius 2 is 1.79 bits per heavy atom. The maximum atomic E-state index is 13.2. The SMILES string of the molecule is COC(=O)c1sc(N2C(=O)C(=O)C(=C(O)c3cccc(OC)c3)[C@@H]2c2ccc(C)cc2)nc1C. The Hall–Kier alpha value is -3.98. The van der Waals surface area contributed by atoms with Crippen LogP contribution < -0.4 is 9.64 Å². The number of amides is 1. The number of hydrogen-bond acceptors (Lipinski definition) is 8. The third-order valence-corrected chi connectivity index (χ3v) is 6.68. The quantitative estimate of drug-likeness (QED) is 0.254. The number of aryl methyl sites for hydroxylation is 2. The first-order valence-corrected chi connectivity index (χ1v) is 11.2. The van der Waals surface area contributed by atoms with Crippen LogP contribution >= 0.6 is 11.3 Å². The molecule has 9 heteroatoms. The molecule has 3 aromatic rings. The van der Waals surface area contributed by atoms with Crippen molar-refractivity contribution in [3.8, 4) is 5.75 Å². The molecular weight excluding hydrogens is 456 g/mol. The lowest BCUT2D eigenvalue weighted by molar-refractivity contribution is -0.132. The summed E-state index contributed by atoms with van der Waals surface area (Å²) in [7, 11) is 2.75. The summed E-state index contributed by atoms with van der Waals surface area (Å²) < 4.78 is 10.0. The number of aliphatic hydroxyl groups excluding tert-OH is 1. The molecule has 0 saturated carbocycles. The molecule has 1 N–H and O–H groups in total. The molecule has 2 heterocycles. The number of methoxy groups -OCH3 is 2. The van der Waals surface area contributed by atoms with Crippen LogP contribution in [0.5, 0.6) is 5.75 Å². The second-order valence-corrected chi connectivity index (χ2v) is 8.69. The molecule has 1 saturated heterocycles. The van der Waals surface area contributed by atoms with Crippen molar-refractivity contribution < 1.29 is 29.0 Å². The number of esters is 1. The number of carbonyl (C=O) groups is 3. The molecule has 4 rings (SSSR count). The molecule has 1 amide bonds. The van der Waals surface area contributed by atoms with Gasteiger partial charge in [0.2, 0.25) is 0 Å². The van der Waals surface area contributed by atoms with Crippen LogP contribution in [-0.4, -0.2) is 42.0 Å². The highest BCUT2D eigenvalue weighted by molar-refractivity contribution is 7.17. The molecule has 2 aromatic carbocycles. The molecule has 0 radical (unpaired) electrons. The Kier molecular flexibility index (Phi) is 6.21. The van der Waals surface area contributed by atoms with Crippen LogP contribution in [-0.2, 0) is 14.3 Å². The third kappa shape index (κ3) is 3.94. The number of Topliss-reactive ketones (excluding diaryl/α,β-unsaturated/α-hetero) is 1. The summed E-state index contributed by atoms with van der Waals surface area (Å²) in [5.74, 6) is -2.12. The molecule has 1 aliphatic rings. The summed E-state index contributed by atoms with van der Waals surface area (Å²) in [6, 6.07) is 12.9. The van der Waals surface area contributed by atoms with Crippen LogP contribution in [0.4, 0.5) is 5.13 Å². The first-order valence-electron chi connectivity index (χ1n) is 10.3. The average Bonchev–Trinajstić information content (AvgIpc) is 3.35. The number of aliphatic hydroxyl groups is 1. The van der Waals surface area contributed by atoms with E-state index in [2.05, 4.69) is 4.98 Å². The van der Waals surface area contributed by atoms with Crippen LogP contribution in [0.15, 0.2) is 54.1 Å². The van der Waals surface area contributed by atoms with Gasteiger partial charge in [-0.1, -0.05) is 53.3 Å². The van der Waals surface area contributed by atoms with Gasteiger partial charge in [0.1, 0.15) is 16.4 Å². The molecule has 0 aliphatic carbocycles. The number of carbonyl (C=O) groups excluding carboxylic acids is 3. The number of benzene rings is 2. The molecule has 1 aliphatic heterocycles. The number of ether oxygens (including phenoxy) is 2. The zero-order valence-corrected chi connectivity index (χ0v) is 19.8. The fourth-order valence-corrected chi connectivity index (χ4v) is 4.80. The van der Waals surface area contributed by atoms with E-state index in [-0.39, 0.29) is 21.3 Å². The Labute approximate surface area is 200 Å². The smallest absolute Gasteiger partial charge is 0.350 e. The minimum Gasteiger partial charge on any atom is -0.507 e. The largest absolute Gasteiger partial charge is 0.507 e. The highest BCUT2D eigenvalue weighted by atomic mass is 32.1. The van der Waals surface area contributed by atoms with Crippen molar-refractivity contribution >= 4 is 39.9 Å². The van der Waals surface area contributed by atoms with Gasteiger partial charge in [0.25, 0.3) is 5.78 Å². The van der Waals surface area contributed by atoms with E-state index in [1.807, 2.05) is 19.1 Å². The van der Waals surface area contributed by atoms with E-state index in [0.29, 0.717) is 22.6 Å². The van der Waals surface area contributed by atoms with Crippen LogP contribution in [0.25, 0.3) is 5.76 Å². The van der Waals surface area contributed by atoms with E-state index in [1.165, 1.54) is 19.1 Å². The van der Waals surface area contributed by atoms with Gasteiger partial charge in [-0.3, -0.25) is 14.5 Å². The molecule has 1 fully saturated rings. The standard InChI is InChI=1S/C25H22N2O6S/c1-13-8-10-15(11-9-13)19-18(20(28)16-6-5-7-17(12-16)32-3)21(29)23(30)27(19)25-26-14(2)22(34-25)24(31)33-4/h5-12,19,28H,1-4H3/t19-/m0/s1. The summed E-state index contributed by atoms with van der Waals surface area (Å²) in [5, 5.41) is 11.4. The van der Waals surface area contributed by atoms with Crippen LogP contribution in [0.2, 0.25) is 0 Å². The first-order chi connectivity index (χ1) is 16.3. The van der Waals surface area contributed by atoms with Gasteiger partial charge in [0, 0.05) is 5.56 Å². The summed E-state index contributed by atoms with van der Waals surface area (Å²) in [6.07, 6.45) is 0. The summed E-state index contributed by atoms with van der Waals surface area (Å²) >= 11 is 0.955. The van der Waals surface area contributed by atoms with Crippen molar-refractivity contribution in [1.82, 2.24) is 4.98 Å². The molecule has 8 nitrogen and oxygen atoms in total.